The summed E-state index contributed by atoms with van der Waals surface area (Å²) >= 11 is 3.54. The molecule has 2 rings (SSSR count). The average Bonchev–Trinajstić information content (AvgIpc) is 2.60. The van der Waals surface area contributed by atoms with E-state index >= 15 is 0 Å². The lowest BCUT2D eigenvalue weighted by Crippen LogP contribution is -2.26. The minimum absolute atomic E-state index is 0. The van der Waals surface area contributed by atoms with Crippen LogP contribution in [0, 0.1) is 0 Å². The van der Waals surface area contributed by atoms with Crippen LogP contribution in [0.5, 0.6) is 11.5 Å². The van der Waals surface area contributed by atoms with Crippen LogP contribution in [0.1, 0.15) is 31.4 Å². The second kappa shape index (κ2) is 11.4. The van der Waals surface area contributed by atoms with Gasteiger partial charge in [-0.15, -0.1) is 12.4 Å². The molecule has 0 fully saturated rings. The number of hydrogen-bond acceptors (Lipinski definition) is 3. The van der Waals surface area contributed by atoms with E-state index in [1.807, 2.05) is 13.0 Å². The molecule has 0 aliphatic heterocycles. The van der Waals surface area contributed by atoms with Gasteiger partial charge in [-0.05, 0) is 44.4 Å². The predicted molar refractivity (Wildman–Crippen MR) is 110 cm³/mol. The molecular formula is C20H27BrClNO2. The van der Waals surface area contributed by atoms with E-state index in [-0.39, 0.29) is 12.4 Å². The van der Waals surface area contributed by atoms with Gasteiger partial charge in [-0.25, -0.2) is 0 Å². The highest BCUT2D eigenvalue weighted by Crippen LogP contribution is 2.35. The van der Waals surface area contributed by atoms with Crippen molar-refractivity contribution < 1.29 is 9.47 Å². The third kappa shape index (κ3) is 6.89. The molecule has 2 aromatic carbocycles. The summed E-state index contributed by atoms with van der Waals surface area (Å²) in [5.74, 6) is 1.59. The Labute approximate surface area is 165 Å². The topological polar surface area (TPSA) is 30.5 Å². The number of halogens is 2. The molecule has 0 bridgehead atoms. The number of methoxy groups -OCH3 is 1. The maximum absolute atomic E-state index is 5.79. The fourth-order valence-corrected chi connectivity index (χ4v) is 3.11. The summed E-state index contributed by atoms with van der Waals surface area (Å²) in [6, 6.07) is 15.0. The predicted octanol–water partition coefficient (Wildman–Crippen LogP) is 5.39. The Kier molecular flexibility index (Phi) is 9.94. The second-order valence-corrected chi connectivity index (χ2v) is 6.75. The maximum Gasteiger partial charge on any atom is 0.165 e. The van der Waals surface area contributed by atoms with Gasteiger partial charge in [-0.2, -0.15) is 0 Å². The Morgan fingerprint density at radius 3 is 2.52 bits per heavy atom. The van der Waals surface area contributed by atoms with Crippen molar-refractivity contribution in [3.8, 4) is 11.5 Å². The largest absolute Gasteiger partial charge is 0.493 e. The van der Waals surface area contributed by atoms with Gasteiger partial charge in [0, 0.05) is 22.6 Å². The molecule has 0 aliphatic rings. The molecule has 0 aromatic heterocycles. The minimum atomic E-state index is 0. The molecule has 1 unspecified atom stereocenters. The molecule has 0 aliphatic carbocycles. The quantitative estimate of drug-likeness (QED) is 0.581. The summed E-state index contributed by atoms with van der Waals surface area (Å²) in [7, 11) is 1.67. The number of benzene rings is 2. The SMILES string of the molecule is CCOc1c(CNC(C)CCc2ccccc2)cc(Br)cc1OC.Cl. The van der Waals surface area contributed by atoms with E-state index < -0.39 is 0 Å². The molecule has 0 spiro atoms. The van der Waals surface area contributed by atoms with E-state index in [0.29, 0.717) is 12.6 Å². The van der Waals surface area contributed by atoms with Crippen LogP contribution in [0.15, 0.2) is 46.9 Å². The molecule has 3 nitrogen and oxygen atoms in total. The third-order valence-corrected chi connectivity index (χ3v) is 4.41. The molecule has 1 N–H and O–H groups in total. The van der Waals surface area contributed by atoms with Crippen molar-refractivity contribution >= 4 is 28.3 Å². The van der Waals surface area contributed by atoms with Crippen molar-refractivity contribution in [2.45, 2.75) is 39.3 Å². The van der Waals surface area contributed by atoms with Gasteiger partial charge in [-0.1, -0.05) is 46.3 Å². The summed E-state index contributed by atoms with van der Waals surface area (Å²) in [4.78, 5) is 0. The maximum atomic E-state index is 5.79. The highest BCUT2D eigenvalue weighted by molar-refractivity contribution is 9.10. The van der Waals surface area contributed by atoms with Crippen molar-refractivity contribution in [2.75, 3.05) is 13.7 Å². The number of hydrogen-bond donors (Lipinski definition) is 1. The Balaban J connectivity index is 0.00000312. The Morgan fingerprint density at radius 2 is 1.88 bits per heavy atom. The lowest BCUT2D eigenvalue weighted by atomic mass is 10.1. The van der Waals surface area contributed by atoms with Gasteiger partial charge < -0.3 is 14.8 Å². The lowest BCUT2D eigenvalue weighted by molar-refractivity contribution is 0.306. The first-order valence-electron chi connectivity index (χ1n) is 8.40. The van der Waals surface area contributed by atoms with Gasteiger partial charge in [-0.3, -0.25) is 0 Å². The molecule has 0 saturated heterocycles. The van der Waals surface area contributed by atoms with Crippen molar-refractivity contribution in [1.82, 2.24) is 5.32 Å². The normalized spacial score (nSPS) is 11.5. The van der Waals surface area contributed by atoms with E-state index in [9.17, 15) is 0 Å². The molecule has 0 radical (unpaired) electrons. The van der Waals surface area contributed by atoms with Crippen molar-refractivity contribution in [3.05, 3.63) is 58.1 Å². The Bertz CT molecular complexity index is 637. The van der Waals surface area contributed by atoms with E-state index in [1.165, 1.54) is 5.56 Å². The van der Waals surface area contributed by atoms with E-state index in [2.05, 4.69) is 64.6 Å². The van der Waals surface area contributed by atoms with E-state index in [1.54, 1.807) is 7.11 Å². The molecule has 0 heterocycles. The van der Waals surface area contributed by atoms with Crippen LogP contribution in [0.2, 0.25) is 0 Å². The average molecular weight is 429 g/mol. The fraction of sp³-hybridized carbons (Fsp3) is 0.400. The third-order valence-electron chi connectivity index (χ3n) is 3.95. The molecule has 2 aromatic rings. The van der Waals surface area contributed by atoms with E-state index in [4.69, 9.17) is 9.47 Å². The van der Waals surface area contributed by atoms with Crippen LogP contribution in [0.25, 0.3) is 0 Å². The summed E-state index contributed by atoms with van der Waals surface area (Å²) < 4.78 is 12.2. The monoisotopic (exact) mass is 427 g/mol. The summed E-state index contributed by atoms with van der Waals surface area (Å²) in [5.41, 5.74) is 2.49. The zero-order chi connectivity index (χ0) is 17.4. The smallest absolute Gasteiger partial charge is 0.165 e. The molecule has 0 amide bonds. The van der Waals surface area contributed by atoms with Gasteiger partial charge in [0.1, 0.15) is 0 Å². The fourth-order valence-electron chi connectivity index (χ4n) is 2.63. The Morgan fingerprint density at radius 1 is 1.16 bits per heavy atom. The molecular weight excluding hydrogens is 402 g/mol. The standard InChI is InChI=1S/C20H26BrNO2.ClH/c1-4-24-20-17(12-18(21)13-19(20)23-3)14-22-15(2)10-11-16-8-6-5-7-9-16;/h5-9,12-13,15,22H,4,10-11,14H2,1-3H3;1H. The van der Waals surface area contributed by atoms with Crippen molar-refractivity contribution in [1.29, 1.82) is 0 Å². The van der Waals surface area contributed by atoms with Crippen molar-refractivity contribution in [3.63, 3.8) is 0 Å². The first-order chi connectivity index (χ1) is 11.6. The van der Waals surface area contributed by atoms with Gasteiger partial charge in [0.25, 0.3) is 0 Å². The summed E-state index contributed by atoms with van der Waals surface area (Å²) in [6.45, 7) is 5.58. The van der Waals surface area contributed by atoms with Crippen LogP contribution >= 0.6 is 28.3 Å². The number of rotatable bonds is 9. The number of aryl methyl sites for hydroxylation is 1. The Hall–Kier alpha value is -1.23. The highest BCUT2D eigenvalue weighted by atomic mass is 79.9. The molecule has 25 heavy (non-hydrogen) atoms. The van der Waals surface area contributed by atoms with Gasteiger partial charge >= 0.3 is 0 Å². The van der Waals surface area contributed by atoms with Crippen LogP contribution in [-0.2, 0) is 13.0 Å². The molecule has 0 saturated carbocycles. The van der Waals surface area contributed by atoms with Crippen LogP contribution < -0.4 is 14.8 Å². The highest BCUT2D eigenvalue weighted by Gasteiger charge is 2.13. The van der Waals surface area contributed by atoms with Gasteiger partial charge in [0.2, 0.25) is 0 Å². The molecule has 5 heteroatoms. The molecule has 1 atom stereocenters. The zero-order valence-corrected chi connectivity index (χ0v) is 17.5. The van der Waals surface area contributed by atoms with Crippen molar-refractivity contribution in [2.24, 2.45) is 0 Å². The van der Waals surface area contributed by atoms with Gasteiger partial charge in [0.05, 0.1) is 13.7 Å². The van der Waals surface area contributed by atoms with Crippen LogP contribution in [0.3, 0.4) is 0 Å². The zero-order valence-electron chi connectivity index (χ0n) is 15.0. The van der Waals surface area contributed by atoms with Crippen LogP contribution in [0.4, 0.5) is 0 Å². The minimum Gasteiger partial charge on any atom is -0.493 e. The summed E-state index contributed by atoms with van der Waals surface area (Å²) in [5, 5.41) is 3.59. The molecule has 138 valence electrons. The summed E-state index contributed by atoms with van der Waals surface area (Å²) in [6.07, 6.45) is 2.17. The second-order valence-electron chi connectivity index (χ2n) is 5.84. The number of nitrogens with one attached hydrogen (secondary N) is 1. The van der Waals surface area contributed by atoms with Crippen LogP contribution in [-0.4, -0.2) is 19.8 Å². The first kappa shape index (κ1) is 21.8. The first-order valence-corrected chi connectivity index (χ1v) is 9.19. The van der Waals surface area contributed by atoms with E-state index in [0.717, 1.165) is 40.9 Å². The van der Waals surface area contributed by atoms with Gasteiger partial charge in [0.15, 0.2) is 11.5 Å². The number of ether oxygens (including phenoxy) is 2. The lowest BCUT2D eigenvalue weighted by Gasteiger charge is -2.18.